The molecule has 1 heterocycles. The second kappa shape index (κ2) is 6.12. The Morgan fingerprint density at radius 2 is 1.96 bits per heavy atom. The molecule has 2 aliphatic rings. The second-order valence-electron chi connectivity index (χ2n) is 6.40. The lowest BCUT2D eigenvalue weighted by atomic mass is 10.1. The summed E-state index contributed by atoms with van der Waals surface area (Å²) in [5, 5.41) is 0. The van der Waals surface area contributed by atoms with Crippen molar-refractivity contribution in [3.8, 4) is 0 Å². The van der Waals surface area contributed by atoms with Gasteiger partial charge in [-0.15, -0.1) is 0 Å². The number of nitrogens with one attached hydrogen (secondary N) is 1. The smallest absolute Gasteiger partial charge is 0.253 e. The van der Waals surface area contributed by atoms with E-state index in [-0.39, 0.29) is 40.0 Å². The van der Waals surface area contributed by atoms with Crippen LogP contribution < -0.4 is 4.72 Å². The van der Waals surface area contributed by atoms with Gasteiger partial charge in [0, 0.05) is 24.7 Å². The highest BCUT2D eigenvalue weighted by Gasteiger charge is 2.33. The zero-order valence-electron chi connectivity index (χ0n) is 13.3. The third-order valence-electron chi connectivity index (χ3n) is 4.37. The minimum absolute atomic E-state index is 0.0132. The maximum absolute atomic E-state index is 12.6. The molecule has 1 N–H and O–H groups in total. The van der Waals surface area contributed by atoms with Crippen molar-refractivity contribution in [2.24, 2.45) is 0 Å². The summed E-state index contributed by atoms with van der Waals surface area (Å²) in [6.07, 6.45) is 2.07. The van der Waals surface area contributed by atoms with Gasteiger partial charge < -0.3 is 4.90 Å². The Morgan fingerprint density at radius 1 is 1.25 bits per heavy atom. The number of sulfone groups is 1. The number of sulfonamides is 1. The van der Waals surface area contributed by atoms with Gasteiger partial charge in [0.1, 0.15) is 0 Å². The summed E-state index contributed by atoms with van der Waals surface area (Å²) in [5.74, 6) is -0.341. The van der Waals surface area contributed by atoms with E-state index in [1.807, 2.05) is 0 Å². The van der Waals surface area contributed by atoms with E-state index in [9.17, 15) is 21.6 Å². The zero-order chi connectivity index (χ0) is 17.5. The summed E-state index contributed by atoms with van der Waals surface area (Å²) >= 11 is 0. The first-order chi connectivity index (χ1) is 11.2. The van der Waals surface area contributed by atoms with Crippen LogP contribution in [0.1, 0.15) is 29.6 Å². The molecule has 0 radical (unpaired) electrons. The standard InChI is InChI=1S/C15H20N2O5S2/c1-17(13-7-8-23(19,20)10-13)15(18)11-3-2-4-14(9-11)24(21,22)16-12-5-6-12/h2-4,9,12-13,16H,5-8,10H2,1H3. The quantitative estimate of drug-likeness (QED) is 0.806. The van der Waals surface area contributed by atoms with Crippen LogP contribution in [0.3, 0.4) is 0 Å². The van der Waals surface area contributed by atoms with Crippen LogP contribution in [0.4, 0.5) is 0 Å². The predicted molar refractivity (Wildman–Crippen MR) is 88.9 cm³/mol. The Bertz CT molecular complexity index is 860. The highest BCUT2D eigenvalue weighted by molar-refractivity contribution is 7.91. The Balaban J connectivity index is 1.79. The van der Waals surface area contributed by atoms with Gasteiger partial charge in [0.2, 0.25) is 10.0 Å². The number of rotatable bonds is 5. The number of amides is 1. The number of carbonyl (C=O) groups is 1. The lowest BCUT2D eigenvalue weighted by molar-refractivity contribution is 0.0747. The Kier molecular flexibility index (Phi) is 4.43. The molecule has 24 heavy (non-hydrogen) atoms. The zero-order valence-corrected chi connectivity index (χ0v) is 14.9. The first-order valence-electron chi connectivity index (χ1n) is 7.78. The lowest BCUT2D eigenvalue weighted by Crippen LogP contribution is -2.38. The topological polar surface area (TPSA) is 101 Å². The van der Waals surface area contributed by atoms with Gasteiger partial charge in [-0.3, -0.25) is 4.79 Å². The van der Waals surface area contributed by atoms with Crippen LogP contribution in [0.15, 0.2) is 29.2 Å². The van der Waals surface area contributed by atoms with E-state index in [0.717, 1.165) is 12.8 Å². The molecule has 1 aromatic rings. The maximum atomic E-state index is 12.6. The highest BCUT2D eigenvalue weighted by Crippen LogP contribution is 2.23. The fourth-order valence-electron chi connectivity index (χ4n) is 2.74. The van der Waals surface area contributed by atoms with E-state index in [2.05, 4.69) is 4.72 Å². The van der Waals surface area contributed by atoms with Crippen molar-refractivity contribution in [1.82, 2.24) is 9.62 Å². The average molecular weight is 372 g/mol. The van der Waals surface area contributed by atoms with Gasteiger partial charge in [-0.25, -0.2) is 21.6 Å². The molecule has 0 bridgehead atoms. The van der Waals surface area contributed by atoms with Crippen LogP contribution in [0.5, 0.6) is 0 Å². The number of nitrogens with zero attached hydrogens (tertiary/aromatic N) is 1. The van der Waals surface area contributed by atoms with Crippen LogP contribution in [-0.2, 0) is 19.9 Å². The molecule has 0 spiro atoms. The van der Waals surface area contributed by atoms with Gasteiger partial charge in [-0.05, 0) is 37.5 Å². The third kappa shape index (κ3) is 3.79. The van der Waals surface area contributed by atoms with Crippen LogP contribution in [-0.4, -0.2) is 58.3 Å². The van der Waals surface area contributed by atoms with Crippen molar-refractivity contribution >= 4 is 25.8 Å². The molecule has 1 unspecified atom stereocenters. The fraction of sp³-hybridized carbons (Fsp3) is 0.533. The summed E-state index contributed by atoms with van der Waals surface area (Å²) in [6, 6.07) is 5.47. The molecule has 1 aliphatic carbocycles. The first-order valence-corrected chi connectivity index (χ1v) is 11.1. The van der Waals surface area contributed by atoms with E-state index in [1.54, 1.807) is 13.1 Å². The monoisotopic (exact) mass is 372 g/mol. The van der Waals surface area contributed by atoms with Crippen LogP contribution in [0.25, 0.3) is 0 Å². The SMILES string of the molecule is CN(C(=O)c1cccc(S(=O)(=O)NC2CC2)c1)C1CCS(=O)(=O)C1. The second-order valence-corrected chi connectivity index (χ2v) is 10.3. The van der Waals surface area contributed by atoms with Crippen molar-refractivity contribution in [2.75, 3.05) is 18.6 Å². The van der Waals surface area contributed by atoms with Gasteiger partial charge in [-0.1, -0.05) is 6.07 Å². The molecule has 9 heteroatoms. The van der Waals surface area contributed by atoms with Crippen LogP contribution >= 0.6 is 0 Å². The van der Waals surface area contributed by atoms with Gasteiger partial charge in [0.05, 0.1) is 16.4 Å². The van der Waals surface area contributed by atoms with Crippen molar-refractivity contribution < 1.29 is 21.6 Å². The lowest BCUT2D eigenvalue weighted by Gasteiger charge is -2.23. The predicted octanol–water partition coefficient (Wildman–Crippen LogP) is 0.386. The molecular weight excluding hydrogens is 352 g/mol. The van der Waals surface area contributed by atoms with E-state index in [1.165, 1.54) is 23.1 Å². The maximum Gasteiger partial charge on any atom is 0.253 e. The molecule has 7 nitrogen and oxygen atoms in total. The third-order valence-corrected chi connectivity index (χ3v) is 7.64. The van der Waals surface area contributed by atoms with E-state index in [0.29, 0.717) is 6.42 Å². The molecule has 1 atom stereocenters. The van der Waals surface area contributed by atoms with Gasteiger partial charge in [-0.2, -0.15) is 0 Å². The molecule has 3 rings (SSSR count). The number of benzene rings is 1. The molecule has 1 saturated carbocycles. The number of hydrogen-bond donors (Lipinski definition) is 1. The molecule has 132 valence electrons. The Morgan fingerprint density at radius 3 is 2.54 bits per heavy atom. The molecule has 0 aromatic heterocycles. The molecule has 1 saturated heterocycles. The number of hydrogen-bond acceptors (Lipinski definition) is 5. The molecule has 1 aliphatic heterocycles. The van der Waals surface area contributed by atoms with Gasteiger partial charge >= 0.3 is 0 Å². The Hall–Kier alpha value is -1.45. The fourth-order valence-corrected chi connectivity index (χ4v) is 5.86. The normalized spacial score (nSPS) is 23.1. The van der Waals surface area contributed by atoms with E-state index >= 15 is 0 Å². The minimum atomic E-state index is -3.63. The summed E-state index contributed by atoms with van der Waals surface area (Å²) in [6.45, 7) is 0. The molecule has 1 amide bonds. The Labute approximate surface area is 142 Å². The van der Waals surface area contributed by atoms with Gasteiger partial charge in [0.15, 0.2) is 9.84 Å². The molecule has 2 fully saturated rings. The first kappa shape index (κ1) is 17.4. The summed E-state index contributed by atoms with van der Waals surface area (Å²) in [7, 11) is -5.17. The largest absolute Gasteiger partial charge is 0.338 e. The van der Waals surface area contributed by atoms with Crippen molar-refractivity contribution in [3.05, 3.63) is 29.8 Å². The average Bonchev–Trinajstić information content (AvgIpc) is 3.25. The summed E-state index contributed by atoms with van der Waals surface area (Å²) in [5.41, 5.74) is 0.237. The molecule has 1 aromatic carbocycles. The van der Waals surface area contributed by atoms with Crippen LogP contribution in [0.2, 0.25) is 0 Å². The van der Waals surface area contributed by atoms with E-state index in [4.69, 9.17) is 0 Å². The van der Waals surface area contributed by atoms with Crippen molar-refractivity contribution in [2.45, 2.75) is 36.2 Å². The van der Waals surface area contributed by atoms with Crippen LogP contribution in [0, 0.1) is 0 Å². The van der Waals surface area contributed by atoms with Crippen molar-refractivity contribution in [1.29, 1.82) is 0 Å². The van der Waals surface area contributed by atoms with E-state index < -0.39 is 19.9 Å². The minimum Gasteiger partial charge on any atom is -0.338 e. The summed E-state index contributed by atoms with van der Waals surface area (Å²) < 4.78 is 50.2. The summed E-state index contributed by atoms with van der Waals surface area (Å²) in [4.78, 5) is 14.0. The highest BCUT2D eigenvalue weighted by atomic mass is 32.2. The number of carbonyl (C=O) groups excluding carboxylic acids is 1. The molecular formula is C15H20N2O5S2. The van der Waals surface area contributed by atoms with Crippen molar-refractivity contribution in [3.63, 3.8) is 0 Å². The van der Waals surface area contributed by atoms with Gasteiger partial charge in [0.25, 0.3) is 5.91 Å².